The lowest BCUT2D eigenvalue weighted by Gasteiger charge is -2.28. The largest absolute Gasteiger partial charge is 0.307 e. The SMILES string of the molecule is C=C=CCC1(c2ccccc2)C(=O)N(Cc2ccccc2)c2ccccc21. The summed E-state index contributed by atoms with van der Waals surface area (Å²) in [6, 6.07) is 28.3. The molecular formula is C25H21NO. The number of nitrogens with zero attached hydrogens (tertiary/aromatic N) is 1. The highest BCUT2D eigenvalue weighted by Crippen LogP contribution is 2.48. The van der Waals surface area contributed by atoms with Gasteiger partial charge in [0.25, 0.3) is 0 Å². The molecule has 1 aliphatic rings. The van der Waals surface area contributed by atoms with Crippen LogP contribution in [0.4, 0.5) is 5.69 Å². The van der Waals surface area contributed by atoms with Crippen LogP contribution in [0.25, 0.3) is 0 Å². The molecule has 4 rings (SSSR count). The molecule has 0 aromatic heterocycles. The van der Waals surface area contributed by atoms with Crippen LogP contribution in [0, 0.1) is 0 Å². The number of carbonyl (C=O) groups excluding carboxylic acids is 1. The number of para-hydroxylation sites is 1. The first-order valence-electron chi connectivity index (χ1n) is 9.12. The highest BCUT2D eigenvalue weighted by molar-refractivity contribution is 6.10. The molecule has 1 atom stereocenters. The first-order valence-corrected chi connectivity index (χ1v) is 9.12. The monoisotopic (exact) mass is 351 g/mol. The minimum Gasteiger partial charge on any atom is -0.307 e. The van der Waals surface area contributed by atoms with E-state index >= 15 is 0 Å². The quantitative estimate of drug-likeness (QED) is 0.575. The van der Waals surface area contributed by atoms with Crippen molar-refractivity contribution in [1.29, 1.82) is 0 Å². The molecule has 0 spiro atoms. The van der Waals surface area contributed by atoms with Gasteiger partial charge >= 0.3 is 0 Å². The van der Waals surface area contributed by atoms with Crippen molar-refractivity contribution in [3.8, 4) is 0 Å². The Bertz CT molecular complexity index is 1000. The zero-order chi connectivity index (χ0) is 18.7. The minimum atomic E-state index is -0.739. The molecule has 0 saturated carbocycles. The maximum Gasteiger partial charge on any atom is 0.242 e. The molecule has 0 fully saturated rings. The fourth-order valence-electron chi connectivity index (χ4n) is 3.99. The van der Waals surface area contributed by atoms with Crippen molar-refractivity contribution in [2.24, 2.45) is 0 Å². The van der Waals surface area contributed by atoms with Gasteiger partial charge in [-0.25, -0.2) is 0 Å². The van der Waals surface area contributed by atoms with Crippen molar-refractivity contribution < 1.29 is 4.79 Å². The predicted molar refractivity (Wildman–Crippen MR) is 110 cm³/mol. The predicted octanol–water partition coefficient (Wildman–Crippen LogP) is 5.25. The molecule has 0 saturated heterocycles. The van der Waals surface area contributed by atoms with Crippen molar-refractivity contribution in [2.75, 3.05) is 4.90 Å². The van der Waals surface area contributed by atoms with Gasteiger partial charge in [0.05, 0.1) is 6.54 Å². The molecule has 27 heavy (non-hydrogen) atoms. The first kappa shape index (κ1) is 17.1. The maximum absolute atomic E-state index is 13.9. The zero-order valence-corrected chi connectivity index (χ0v) is 15.1. The molecule has 0 N–H and O–H groups in total. The number of anilines is 1. The summed E-state index contributed by atoms with van der Waals surface area (Å²) in [5.74, 6) is 0.102. The van der Waals surface area contributed by atoms with Crippen LogP contribution in [0.3, 0.4) is 0 Å². The summed E-state index contributed by atoms with van der Waals surface area (Å²) in [4.78, 5) is 15.8. The van der Waals surface area contributed by atoms with Crippen molar-refractivity contribution in [3.63, 3.8) is 0 Å². The highest BCUT2D eigenvalue weighted by Gasteiger charge is 2.51. The summed E-state index contributed by atoms with van der Waals surface area (Å²) >= 11 is 0. The minimum absolute atomic E-state index is 0.102. The molecule has 1 unspecified atom stereocenters. The van der Waals surface area contributed by atoms with Crippen LogP contribution in [-0.2, 0) is 16.8 Å². The van der Waals surface area contributed by atoms with E-state index in [1.54, 1.807) is 0 Å². The standard InChI is InChI=1S/C25H21NO/c1-2-3-18-25(21-14-8-5-9-15-21)22-16-10-11-17-23(22)26(24(25)27)19-20-12-6-4-7-13-20/h3-17H,1,18-19H2. The summed E-state index contributed by atoms with van der Waals surface area (Å²) in [6.07, 6.45) is 2.41. The summed E-state index contributed by atoms with van der Waals surface area (Å²) in [5, 5.41) is 0. The zero-order valence-electron chi connectivity index (χ0n) is 15.1. The van der Waals surface area contributed by atoms with Crippen LogP contribution in [-0.4, -0.2) is 5.91 Å². The number of benzene rings is 3. The lowest BCUT2D eigenvalue weighted by molar-refractivity contribution is -0.121. The lowest BCUT2D eigenvalue weighted by atomic mass is 9.73. The Labute approximate surface area is 160 Å². The summed E-state index contributed by atoms with van der Waals surface area (Å²) < 4.78 is 0. The van der Waals surface area contributed by atoms with Crippen LogP contribution in [0.1, 0.15) is 23.1 Å². The van der Waals surface area contributed by atoms with Gasteiger partial charge < -0.3 is 4.90 Å². The second kappa shape index (κ2) is 7.11. The average molecular weight is 351 g/mol. The Hall–Kier alpha value is -3.35. The number of amides is 1. The molecule has 0 bridgehead atoms. The van der Waals surface area contributed by atoms with E-state index in [1.807, 2.05) is 77.7 Å². The van der Waals surface area contributed by atoms with Gasteiger partial charge in [-0.1, -0.05) is 85.4 Å². The van der Waals surface area contributed by atoms with E-state index in [9.17, 15) is 4.79 Å². The number of rotatable bonds is 5. The van der Waals surface area contributed by atoms with Gasteiger partial charge in [0.2, 0.25) is 5.91 Å². The fourth-order valence-corrected chi connectivity index (χ4v) is 3.99. The third-order valence-electron chi connectivity index (χ3n) is 5.27. The van der Waals surface area contributed by atoms with Crippen molar-refractivity contribution in [1.82, 2.24) is 0 Å². The molecule has 2 nitrogen and oxygen atoms in total. The van der Waals surface area contributed by atoms with Gasteiger partial charge in [0.1, 0.15) is 5.41 Å². The fraction of sp³-hybridized carbons (Fsp3) is 0.120. The van der Waals surface area contributed by atoms with E-state index in [0.717, 1.165) is 22.4 Å². The molecular weight excluding hydrogens is 330 g/mol. The summed E-state index contributed by atoms with van der Waals surface area (Å²) in [5.41, 5.74) is 6.26. The molecule has 3 aromatic rings. The molecule has 1 heterocycles. The van der Waals surface area contributed by atoms with Crippen molar-refractivity contribution in [3.05, 3.63) is 120 Å². The van der Waals surface area contributed by atoms with E-state index in [0.29, 0.717) is 13.0 Å². The van der Waals surface area contributed by atoms with Gasteiger partial charge in [0.15, 0.2) is 0 Å². The Morgan fingerprint density at radius 3 is 2.22 bits per heavy atom. The normalized spacial score (nSPS) is 18.1. The van der Waals surface area contributed by atoms with E-state index in [2.05, 4.69) is 30.5 Å². The third-order valence-corrected chi connectivity index (χ3v) is 5.27. The van der Waals surface area contributed by atoms with E-state index in [1.165, 1.54) is 0 Å². The Balaban J connectivity index is 1.89. The lowest BCUT2D eigenvalue weighted by Crippen LogP contribution is -2.40. The molecule has 2 heteroatoms. The average Bonchev–Trinajstić information content (AvgIpc) is 2.97. The molecule has 3 aromatic carbocycles. The van der Waals surface area contributed by atoms with E-state index in [-0.39, 0.29) is 5.91 Å². The molecule has 1 aliphatic heterocycles. The number of hydrogen-bond donors (Lipinski definition) is 0. The van der Waals surface area contributed by atoms with Crippen molar-refractivity contribution >= 4 is 11.6 Å². The number of hydrogen-bond acceptors (Lipinski definition) is 1. The molecule has 132 valence electrons. The van der Waals surface area contributed by atoms with Crippen LogP contribution >= 0.6 is 0 Å². The molecule has 1 amide bonds. The first-order chi connectivity index (χ1) is 13.3. The van der Waals surface area contributed by atoms with Gasteiger partial charge in [-0.15, -0.1) is 5.73 Å². The molecule has 0 aliphatic carbocycles. The van der Waals surface area contributed by atoms with E-state index < -0.39 is 5.41 Å². The second-order valence-corrected chi connectivity index (χ2v) is 6.78. The number of fused-ring (bicyclic) bond motifs is 1. The smallest absolute Gasteiger partial charge is 0.242 e. The second-order valence-electron chi connectivity index (χ2n) is 6.78. The Morgan fingerprint density at radius 2 is 1.52 bits per heavy atom. The maximum atomic E-state index is 13.9. The van der Waals surface area contributed by atoms with Gasteiger partial charge in [-0.3, -0.25) is 4.79 Å². The van der Waals surface area contributed by atoms with Crippen LogP contribution in [0.5, 0.6) is 0 Å². The van der Waals surface area contributed by atoms with Gasteiger partial charge in [0, 0.05) is 5.69 Å². The van der Waals surface area contributed by atoms with E-state index in [4.69, 9.17) is 0 Å². The number of carbonyl (C=O) groups is 1. The third kappa shape index (κ3) is 2.81. The molecule has 0 radical (unpaired) electrons. The highest BCUT2D eigenvalue weighted by atomic mass is 16.2. The van der Waals surface area contributed by atoms with Crippen molar-refractivity contribution in [2.45, 2.75) is 18.4 Å². The Morgan fingerprint density at radius 1 is 0.889 bits per heavy atom. The topological polar surface area (TPSA) is 20.3 Å². The van der Waals surface area contributed by atoms with Crippen LogP contribution in [0.2, 0.25) is 0 Å². The van der Waals surface area contributed by atoms with Crippen LogP contribution in [0.15, 0.2) is 103 Å². The van der Waals surface area contributed by atoms with Gasteiger partial charge in [-0.2, -0.15) is 0 Å². The Kier molecular flexibility index (Phi) is 4.50. The summed E-state index contributed by atoms with van der Waals surface area (Å²) in [6.45, 7) is 4.27. The number of allylic oxidation sites excluding steroid dienone is 1. The van der Waals surface area contributed by atoms with Crippen LogP contribution < -0.4 is 4.90 Å². The summed E-state index contributed by atoms with van der Waals surface area (Å²) in [7, 11) is 0. The van der Waals surface area contributed by atoms with Gasteiger partial charge in [-0.05, 0) is 35.3 Å².